The second kappa shape index (κ2) is 9.64. The molecule has 0 atom stereocenters. The zero-order valence-electron chi connectivity index (χ0n) is 19.8. The molecule has 4 rings (SSSR count). The van der Waals surface area contributed by atoms with Crippen LogP contribution in [0.5, 0.6) is 0 Å². The van der Waals surface area contributed by atoms with Crippen LogP contribution in [0.3, 0.4) is 0 Å². The molecule has 0 radical (unpaired) electrons. The first-order chi connectivity index (χ1) is 17.0. The smallest absolute Gasteiger partial charge is 0.337 e. The summed E-state index contributed by atoms with van der Waals surface area (Å²) in [5, 5.41) is 2.36. The lowest BCUT2D eigenvalue weighted by molar-refractivity contribution is -0.122. The third-order valence-corrected chi connectivity index (χ3v) is 6.71. The van der Waals surface area contributed by atoms with E-state index in [1.165, 1.54) is 25.3 Å². The average Bonchev–Trinajstić information content (AvgIpc) is 3.11. The number of halogens is 2. The van der Waals surface area contributed by atoms with Crippen LogP contribution in [-0.2, 0) is 14.3 Å². The Bertz CT molecular complexity index is 1490. The molecule has 0 bridgehead atoms. The Hall–Kier alpha value is -3.88. The molecule has 1 fully saturated rings. The van der Waals surface area contributed by atoms with Gasteiger partial charge in [0, 0.05) is 17.1 Å². The van der Waals surface area contributed by atoms with Gasteiger partial charge in [0.25, 0.3) is 11.8 Å². The van der Waals surface area contributed by atoms with Crippen LogP contribution in [0.25, 0.3) is 11.8 Å². The van der Waals surface area contributed by atoms with E-state index in [1.54, 1.807) is 24.3 Å². The molecular weight excluding hydrogens is 505 g/mol. The number of imide groups is 2. The van der Waals surface area contributed by atoms with E-state index in [4.69, 9.17) is 27.9 Å². The standard InChI is InChI=1S/C26H21Cl2N3O5/c1-13-10-16(25(34)36-4)8-9-20(13)30-14(2)11-17(15(30)3)12-18-23(32)29-26(35)31(24(18)33)21-7-5-6-19(27)22(21)28/h5-12H,1-4H3,(H,29,32,35)/b18-12+. The van der Waals surface area contributed by atoms with E-state index in [9.17, 15) is 19.2 Å². The highest BCUT2D eigenvalue weighted by atomic mass is 35.5. The van der Waals surface area contributed by atoms with Crippen LogP contribution >= 0.6 is 23.2 Å². The molecule has 8 nitrogen and oxygen atoms in total. The van der Waals surface area contributed by atoms with Crippen molar-refractivity contribution in [1.29, 1.82) is 0 Å². The van der Waals surface area contributed by atoms with Crippen molar-refractivity contribution in [3.63, 3.8) is 0 Å². The molecule has 36 heavy (non-hydrogen) atoms. The van der Waals surface area contributed by atoms with Crippen LogP contribution in [0.1, 0.15) is 32.9 Å². The number of aromatic nitrogens is 1. The number of carbonyl (C=O) groups excluding carboxylic acids is 4. The summed E-state index contributed by atoms with van der Waals surface area (Å²) in [5.74, 6) is -2.07. The Balaban J connectivity index is 1.77. The van der Waals surface area contributed by atoms with Crippen molar-refractivity contribution < 1.29 is 23.9 Å². The molecule has 1 saturated heterocycles. The number of benzene rings is 2. The Kier molecular flexibility index (Phi) is 6.75. The molecule has 3 aromatic rings. The third kappa shape index (κ3) is 4.29. The predicted molar refractivity (Wildman–Crippen MR) is 137 cm³/mol. The largest absolute Gasteiger partial charge is 0.465 e. The van der Waals surface area contributed by atoms with Crippen molar-refractivity contribution in [3.8, 4) is 5.69 Å². The summed E-state index contributed by atoms with van der Waals surface area (Å²) in [4.78, 5) is 51.1. The van der Waals surface area contributed by atoms with Gasteiger partial charge in [-0.05, 0) is 74.4 Å². The van der Waals surface area contributed by atoms with Gasteiger partial charge in [-0.25, -0.2) is 14.5 Å². The number of methoxy groups -OCH3 is 1. The molecule has 0 spiro atoms. The Morgan fingerprint density at radius 1 is 1.00 bits per heavy atom. The van der Waals surface area contributed by atoms with Crippen LogP contribution in [0.4, 0.5) is 10.5 Å². The van der Waals surface area contributed by atoms with Gasteiger partial charge in [0.15, 0.2) is 0 Å². The topological polar surface area (TPSA) is 97.7 Å². The molecular formula is C26H21Cl2N3O5. The maximum Gasteiger partial charge on any atom is 0.337 e. The number of esters is 1. The summed E-state index contributed by atoms with van der Waals surface area (Å²) in [5.41, 5.74) is 4.11. The summed E-state index contributed by atoms with van der Waals surface area (Å²) < 4.78 is 6.74. The van der Waals surface area contributed by atoms with Gasteiger partial charge in [0.2, 0.25) is 0 Å². The van der Waals surface area contributed by atoms with Gasteiger partial charge in [-0.3, -0.25) is 14.9 Å². The monoisotopic (exact) mass is 525 g/mol. The lowest BCUT2D eigenvalue weighted by Gasteiger charge is -2.27. The van der Waals surface area contributed by atoms with E-state index >= 15 is 0 Å². The highest BCUT2D eigenvalue weighted by Crippen LogP contribution is 2.34. The zero-order chi connectivity index (χ0) is 26.3. The highest BCUT2D eigenvalue weighted by Gasteiger charge is 2.38. The molecule has 0 unspecified atom stereocenters. The van der Waals surface area contributed by atoms with E-state index in [2.05, 4.69) is 5.32 Å². The first kappa shape index (κ1) is 25.2. The minimum Gasteiger partial charge on any atom is -0.465 e. The van der Waals surface area contributed by atoms with Crippen molar-refractivity contribution in [3.05, 3.63) is 86.2 Å². The number of hydrogen-bond donors (Lipinski definition) is 1. The fraction of sp³-hybridized carbons (Fsp3) is 0.154. The quantitative estimate of drug-likeness (QED) is 0.288. The summed E-state index contributed by atoms with van der Waals surface area (Å²) in [6.45, 7) is 5.59. The number of barbiturate groups is 1. The van der Waals surface area contributed by atoms with Gasteiger partial charge in [0.05, 0.1) is 28.4 Å². The lowest BCUT2D eigenvalue weighted by Crippen LogP contribution is -2.54. The number of hydrogen-bond acceptors (Lipinski definition) is 5. The molecule has 2 heterocycles. The number of ether oxygens (including phenoxy) is 1. The molecule has 0 saturated carbocycles. The number of urea groups is 1. The zero-order valence-corrected chi connectivity index (χ0v) is 21.3. The van der Waals surface area contributed by atoms with Crippen LogP contribution in [-0.4, -0.2) is 35.5 Å². The van der Waals surface area contributed by atoms with Crippen LogP contribution in [0.15, 0.2) is 48.0 Å². The number of carbonyl (C=O) groups is 4. The first-order valence-corrected chi connectivity index (χ1v) is 11.5. The second-order valence-corrected chi connectivity index (χ2v) is 8.97. The molecule has 0 aliphatic carbocycles. The molecule has 1 aromatic heterocycles. The first-order valence-electron chi connectivity index (χ1n) is 10.8. The number of nitrogens with one attached hydrogen (secondary N) is 1. The van der Waals surface area contributed by atoms with Crippen molar-refractivity contribution >= 4 is 58.8 Å². The lowest BCUT2D eigenvalue weighted by atomic mass is 10.1. The number of rotatable bonds is 4. The van der Waals surface area contributed by atoms with Gasteiger partial charge >= 0.3 is 12.0 Å². The Morgan fingerprint density at radius 2 is 1.72 bits per heavy atom. The molecule has 184 valence electrons. The molecule has 1 N–H and O–H groups in total. The van der Waals surface area contributed by atoms with Gasteiger partial charge in [-0.1, -0.05) is 29.3 Å². The van der Waals surface area contributed by atoms with Crippen molar-refractivity contribution in [2.75, 3.05) is 12.0 Å². The van der Waals surface area contributed by atoms with Crippen LogP contribution in [0, 0.1) is 20.8 Å². The van der Waals surface area contributed by atoms with Gasteiger partial charge in [0.1, 0.15) is 5.57 Å². The third-order valence-electron chi connectivity index (χ3n) is 5.90. The maximum absolute atomic E-state index is 13.3. The number of amides is 4. The fourth-order valence-electron chi connectivity index (χ4n) is 4.15. The molecule has 4 amide bonds. The van der Waals surface area contributed by atoms with Gasteiger partial charge < -0.3 is 9.30 Å². The average molecular weight is 526 g/mol. The second-order valence-electron chi connectivity index (χ2n) is 8.19. The summed E-state index contributed by atoms with van der Waals surface area (Å²) >= 11 is 12.3. The fourth-order valence-corrected chi connectivity index (χ4v) is 4.53. The number of aryl methyl sites for hydroxylation is 2. The van der Waals surface area contributed by atoms with Crippen molar-refractivity contribution in [2.45, 2.75) is 20.8 Å². The summed E-state index contributed by atoms with van der Waals surface area (Å²) in [7, 11) is 1.32. The predicted octanol–water partition coefficient (Wildman–Crippen LogP) is 5.16. The van der Waals surface area contributed by atoms with Crippen LogP contribution < -0.4 is 10.2 Å². The van der Waals surface area contributed by atoms with Crippen molar-refractivity contribution in [2.24, 2.45) is 0 Å². The summed E-state index contributed by atoms with van der Waals surface area (Å²) in [6.07, 6.45) is 1.44. The number of nitrogens with zero attached hydrogens (tertiary/aromatic N) is 2. The molecule has 1 aliphatic heterocycles. The van der Waals surface area contributed by atoms with E-state index in [-0.39, 0.29) is 21.3 Å². The SMILES string of the molecule is COC(=O)c1ccc(-n2c(C)cc(/C=C3\C(=O)NC(=O)N(c4cccc(Cl)c4Cl)C3=O)c2C)c(C)c1. The molecule has 2 aromatic carbocycles. The normalized spacial score (nSPS) is 14.9. The van der Waals surface area contributed by atoms with Gasteiger partial charge in [-0.15, -0.1) is 0 Å². The number of anilines is 1. The summed E-state index contributed by atoms with van der Waals surface area (Å²) in [6, 6.07) is 10.6. The maximum atomic E-state index is 13.3. The van der Waals surface area contributed by atoms with E-state index in [0.717, 1.165) is 27.5 Å². The minimum absolute atomic E-state index is 0.0143. The Labute approximate surface area is 217 Å². The van der Waals surface area contributed by atoms with Crippen molar-refractivity contribution in [1.82, 2.24) is 9.88 Å². The van der Waals surface area contributed by atoms with E-state index in [1.807, 2.05) is 31.4 Å². The minimum atomic E-state index is -0.918. The molecule has 1 aliphatic rings. The molecule has 10 heteroatoms. The van der Waals surface area contributed by atoms with E-state index in [0.29, 0.717) is 11.1 Å². The Morgan fingerprint density at radius 3 is 2.39 bits per heavy atom. The van der Waals surface area contributed by atoms with Crippen LogP contribution in [0.2, 0.25) is 10.0 Å². The van der Waals surface area contributed by atoms with E-state index < -0.39 is 23.8 Å². The highest BCUT2D eigenvalue weighted by molar-refractivity contribution is 6.46. The van der Waals surface area contributed by atoms with Gasteiger partial charge in [-0.2, -0.15) is 0 Å².